The average molecular weight is 434 g/mol. The van der Waals surface area contributed by atoms with E-state index in [9.17, 15) is 9.18 Å². The van der Waals surface area contributed by atoms with E-state index in [2.05, 4.69) is 26.2 Å². The Bertz CT molecular complexity index is 942. The summed E-state index contributed by atoms with van der Waals surface area (Å²) in [6, 6.07) is 12.3. The number of rotatable bonds is 8. The van der Waals surface area contributed by atoms with Gasteiger partial charge in [-0.25, -0.2) is 9.37 Å². The minimum Gasteiger partial charge on any atom is -0.382 e. The molecule has 1 aromatic heterocycles. The van der Waals surface area contributed by atoms with Crippen molar-refractivity contribution >= 4 is 38.8 Å². The van der Waals surface area contributed by atoms with Gasteiger partial charge in [-0.05, 0) is 59.1 Å². The second kappa shape index (κ2) is 9.10. The molecule has 0 saturated carbocycles. The van der Waals surface area contributed by atoms with Crippen LogP contribution in [0.4, 0.5) is 10.3 Å². The molecule has 5 nitrogen and oxygen atoms in total. The van der Waals surface area contributed by atoms with E-state index in [1.807, 2.05) is 35.8 Å². The lowest BCUT2D eigenvalue weighted by molar-refractivity contribution is -0.115. The normalized spacial score (nSPS) is 11.1. The Hall–Kier alpha value is -2.25. The molecule has 27 heavy (non-hydrogen) atoms. The summed E-state index contributed by atoms with van der Waals surface area (Å²) in [5, 5.41) is 2.89. The summed E-state index contributed by atoms with van der Waals surface area (Å²) >= 11 is 3.14. The van der Waals surface area contributed by atoms with Crippen molar-refractivity contribution in [2.24, 2.45) is 0 Å². The molecule has 3 rings (SSSR count). The molecule has 0 radical (unpaired) electrons. The van der Waals surface area contributed by atoms with Gasteiger partial charge in [-0.15, -0.1) is 0 Å². The molecule has 1 heterocycles. The number of anilines is 1. The second-order valence-corrected chi connectivity index (χ2v) is 6.95. The third kappa shape index (κ3) is 4.93. The summed E-state index contributed by atoms with van der Waals surface area (Å²) in [4.78, 5) is 17.0. The number of amides is 1. The third-order valence-corrected chi connectivity index (χ3v) is 4.74. The molecular weight excluding hydrogens is 413 g/mol. The van der Waals surface area contributed by atoms with E-state index in [-0.39, 0.29) is 18.1 Å². The molecule has 7 heteroatoms. The molecule has 3 aromatic rings. The number of hydrogen-bond donors (Lipinski definition) is 1. The number of aryl methyl sites for hydroxylation is 1. The van der Waals surface area contributed by atoms with E-state index in [1.165, 1.54) is 6.07 Å². The lowest BCUT2D eigenvalue weighted by atomic mass is 10.1. The molecule has 0 unspecified atom stereocenters. The highest BCUT2D eigenvalue weighted by Crippen LogP contribution is 2.21. The average Bonchev–Trinajstić information content (AvgIpc) is 2.99. The minimum atomic E-state index is -0.352. The van der Waals surface area contributed by atoms with Gasteiger partial charge in [0.2, 0.25) is 11.9 Å². The highest BCUT2D eigenvalue weighted by molar-refractivity contribution is 9.10. The van der Waals surface area contributed by atoms with Crippen LogP contribution in [0.15, 0.2) is 46.9 Å². The summed E-state index contributed by atoms with van der Waals surface area (Å²) < 4.78 is 21.1. The molecule has 0 aliphatic heterocycles. The number of hydrogen-bond acceptors (Lipinski definition) is 3. The number of halogens is 2. The smallest absolute Gasteiger partial charge is 0.231 e. The molecule has 0 atom stereocenters. The maximum atomic E-state index is 13.4. The molecule has 0 bridgehead atoms. The van der Waals surface area contributed by atoms with Crippen LogP contribution < -0.4 is 5.32 Å². The van der Waals surface area contributed by atoms with Crippen LogP contribution in [0.5, 0.6) is 0 Å². The predicted molar refractivity (Wildman–Crippen MR) is 107 cm³/mol. The number of carbonyl (C=O) groups excluding carboxylic acids is 1. The Labute approximate surface area is 165 Å². The third-order valence-electron chi connectivity index (χ3n) is 4.13. The summed E-state index contributed by atoms with van der Waals surface area (Å²) in [6.07, 6.45) is 0.961. The highest BCUT2D eigenvalue weighted by atomic mass is 79.9. The lowest BCUT2D eigenvalue weighted by Crippen LogP contribution is -2.18. The fourth-order valence-electron chi connectivity index (χ4n) is 2.87. The standard InChI is InChI=1S/C20H21BrFN3O2/c1-2-27-11-5-10-25-18-7-4-3-6-17(18)23-20(25)24-19(26)13-14-8-9-16(22)15(21)12-14/h3-4,6-9,12H,2,5,10-11,13H2,1H3,(H,23,24,26). The van der Waals surface area contributed by atoms with Crippen LogP contribution in [0.2, 0.25) is 0 Å². The van der Waals surface area contributed by atoms with Crippen molar-refractivity contribution in [1.82, 2.24) is 9.55 Å². The number of imidazole rings is 1. The van der Waals surface area contributed by atoms with Gasteiger partial charge in [-0.1, -0.05) is 18.2 Å². The zero-order chi connectivity index (χ0) is 19.2. The van der Waals surface area contributed by atoms with Crippen molar-refractivity contribution in [1.29, 1.82) is 0 Å². The molecule has 0 fully saturated rings. The lowest BCUT2D eigenvalue weighted by Gasteiger charge is -2.10. The first-order chi connectivity index (χ1) is 13.1. The summed E-state index contributed by atoms with van der Waals surface area (Å²) in [6.45, 7) is 3.99. The van der Waals surface area contributed by atoms with E-state index in [0.717, 1.165) is 23.0 Å². The van der Waals surface area contributed by atoms with E-state index in [4.69, 9.17) is 4.74 Å². The van der Waals surface area contributed by atoms with Crippen LogP contribution in [0.3, 0.4) is 0 Å². The van der Waals surface area contributed by atoms with Crippen molar-refractivity contribution in [3.05, 3.63) is 58.3 Å². The largest absolute Gasteiger partial charge is 0.382 e. The number of nitrogens with zero attached hydrogens (tertiary/aromatic N) is 2. The minimum absolute atomic E-state index is 0.140. The fourth-order valence-corrected chi connectivity index (χ4v) is 3.30. The van der Waals surface area contributed by atoms with Gasteiger partial charge in [0.1, 0.15) is 5.82 Å². The summed E-state index contributed by atoms with van der Waals surface area (Å²) in [5.41, 5.74) is 2.52. The SMILES string of the molecule is CCOCCCn1c(NC(=O)Cc2ccc(F)c(Br)c2)nc2ccccc21. The molecule has 0 spiro atoms. The van der Waals surface area contributed by atoms with Gasteiger partial charge in [0.05, 0.1) is 21.9 Å². The predicted octanol–water partition coefficient (Wildman–Crippen LogP) is 4.55. The zero-order valence-electron chi connectivity index (χ0n) is 15.0. The Morgan fingerprint density at radius 3 is 2.89 bits per heavy atom. The number of benzene rings is 2. The first-order valence-corrected chi connectivity index (χ1v) is 9.64. The van der Waals surface area contributed by atoms with Gasteiger partial charge in [0.25, 0.3) is 0 Å². The molecular formula is C20H21BrFN3O2. The second-order valence-electron chi connectivity index (χ2n) is 6.10. The first kappa shape index (κ1) is 19.5. The summed E-state index contributed by atoms with van der Waals surface area (Å²) in [7, 11) is 0. The van der Waals surface area contributed by atoms with Crippen LogP contribution >= 0.6 is 15.9 Å². The van der Waals surface area contributed by atoms with Crippen LogP contribution in [0.25, 0.3) is 11.0 Å². The molecule has 0 aliphatic carbocycles. The Balaban J connectivity index is 1.76. The maximum Gasteiger partial charge on any atom is 0.231 e. The van der Waals surface area contributed by atoms with Gasteiger partial charge in [-0.2, -0.15) is 0 Å². The summed E-state index contributed by atoms with van der Waals surface area (Å²) in [5.74, 6) is -0.0380. The molecule has 1 amide bonds. The van der Waals surface area contributed by atoms with E-state index < -0.39 is 0 Å². The van der Waals surface area contributed by atoms with Gasteiger partial charge < -0.3 is 9.30 Å². The van der Waals surface area contributed by atoms with Gasteiger partial charge >= 0.3 is 0 Å². The van der Waals surface area contributed by atoms with Crippen molar-refractivity contribution < 1.29 is 13.9 Å². The van der Waals surface area contributed by atoms with E-state index in [0.29, 0.717) is 30.2 Å². The quantitative estimate of drug-likeness (QED) is 0.530. The van der Waals surface area contributed by atoms with Crippen LogP contribution in [0.1, 0.15) is 18.9 Å². The number of carbonyl (C=O) groups is 1. The van der Waals surface area contributed by atoms with Crippen LogP contribution in [0, 0.1) is 5.82 Å². The monoisotopic (exact) mass is 433 g/mol. The number of fused-ring (bicyclic) bond motifs is 1. The van der Waals surface area contributed by atoms with Crippen LogP contribution in [-0.4, -0.2) is 28.7 Å². The van der Waals surface area contributed by atoms with Gasteiger partial charge in [-0.3, -0.25) is 10.1 Å². The molecule has 0 aliphatic rings. The van der Waals surface area contributed by atoms with E-state index in [1.54, 1.807) is 12.1 Å². The van der Waals surface area contributed by atoms with Crippen molar-refractivity contribution in [3.63, 3.8) is 0 Å². The van der Waals surface area contributed by atoms with Crippen molar-refractivity contribution in [2.45, 2.75) is 26.3 Å². The number of aromatic nitrogens is 2. The van der Waals surface area contributed by atoms with Crippen molar-refractivity contribution in [2.75, 3.05) is 18.5 Å². The fraction of sp³-hybridized carbons (Fsp3) is 0.300. The Morgan fingerprint density at radius 1 is 1.30 bits per heavy atom. The van der Waals surface area contributed by atoms with Gasteiger partial charge in [0, 0.05) is 19.8 Å². The van der Waals surface area contributed by atoms with Crippen molar-refractivity contribution in [3.8, 4) is 0 Å². The number of ether oxygens (including phenoxy) is 1. The topological polar surface area (TPSA) is 56.1 Å². The highest BCUT2D eigenvalue weighted by Gasteiger charge is 2.14. The number of para-hydroxylation sites is 2. The van der Waals surface area contributed by atoms with E-state index >= 15 is 0 Å². The molecule has 2 aromatic carbocycles. The van der Waals surface area contributed by atoms with Crippen LogP contribution in [-0.2, 0) is 22.5 Å². The number of nitrogens with one attached hydrogen (secondary N) is 1. The molecule has 1 N–H and O–H groups in total. The maximum absolute atomic E-state index is 13.4. The zero-order valence-corrected chi connectivity index (χ0v) is 16.6. The van der Waals surface area contributed by atoms with Gasteiger partial charge in [0.15, 0.2) is 0 Å². The molecule has 0 saturated heterocycles. The first-order valence-electron chi connectivity index (χ1n) is 8.85. The Kier molecular flexibility index (Phi) is 6.58. The Morgan fingerprint density at radius 2 is 2.11 bits per heavy atom. The molecule has 142 valence electrons.